The van der Waals surface area contributed by atoms with E-state index in [1.165, 1.54) is 0 Å². The minimum Gasteiger partial charge on any atom is -0.359 e. The first-order chi connectivity index (χ1) is 13.5. The Hall–Kier alpha value is -3.35. The lowest BCUT2D eigenvalue weighted by Gasteiger charge is -2.21. The lowest BCUT2D eigenvalue weighted by molar-refractivity contribution is 0.0949. The smallest absolute Gasteiger partial charge is 0.254 e. The van der Waals surface area contributed by atoms with E-state index in [0.717, 1.165) is 30.0 Å². The van der Waals surface area contributed by atoms with E-state index in [1.807, 2.05) is 44.3 Å². The first kappa shape index (κ1) is 19.4. The van der Waals surface area contributed by atoms with Crippen molar-refractivity contribution in [2.45, 2.75) is 26.8 Å². The van der Waals surface area contributed by atoms with Gasteiger partial charge in [-0.25, -0.2) is 15.0 Å². The Labute approximate surface area is 164 Å². The average Bonchev–Trinajstić information content (AvgIpc) is 2.71. The maximum atomic E-state index is 12.5. The fraction of sp³-hybridized carbons (Fsp3) is 0.286. The summed E-state index contributed by atoms with van der Waals surface area (Å²) in [6.07, 6.45) is 5.94. The maximum absolute atomic E-state index is 12.5. The molecule has 0 fully saturated rings. The molecule has 1 amide bonds. The second-order valence-corrected chi connectivity index (χ2v) is 6.58. The third kappa shape index (κ3) is 4.88. The number of carbonyl (C=O) groups is 1. The zero-order chi connectivity index (χ0) is 19.9. The van der Waals surface area contributed by atoms with Gasteiger partial charge in [0.25, 0.3) is 5.91 Å². The lowest BCUT2D eigenvalue weighted by Crippen LogP contribution is -2.27. The van der Waals surface area contributed by atoms with Gasteiger partial charge < -0.3 is 10.2 Å². The van der Waals surface area contributed by atoms with Crippen LogP contribution in [0.3, 0.4) is 0 Å². The quantitative estimate of drug-likeness (QED) is 0.682. The summed E-state index contributed by atoms with van der Waals surface area (Å²) < 4.78 is 0. The van der Waals surface area contributed by atoms with E-state index in [0.29, 0.717) is 23.6 Å². The highest BCUT2D eigenvalue weighted by molar-refractivity contribution is 5.94. The van der Waals surface area contributed by atoms with E-state index in [9.17, 15) is 4.79 Å². The van der Waals surface area contributed by atoms with Gasteiger partial charge in [-0.15, -0.1) is 0 Å². The predicted octanol–water partition coefficient (Wildman–Crippen LogP) is 2.49. The van der Waals surface area contributed by atoms with E-state index < -0.39 is 0 Å². The molecule has 1 N–H and O–H groups in total. The van der Waals surface area contributed by atoms with Crippen LogP contribution >= 0.6 is 0 Å². The number of likely N-dealkylation sites (N-methyl/N-ethyl adjacent to an activating group) is 1. The predicted molar refractivity (Wildman–Crippen MR) is 108 cm³/mol. The first-order valence-corrected chi connectivity index (χ1v) is 9.18. The van der Waals surface area contributed by atoms with Gasteiger partial charge in [0.1, 0.15) is 11.6 Å². The Balaban J connectivity index is 1.65. The molecule has 0 bridgehead atoms. The Morgan fingerprint density at radius 1 is 1.07 bits per heavy atom. The number of hydrogen-bond donors (Lipinski definition) is 1. The summed E-state index contributed by atoms with van der Waals surface area (Å²) in [5, 5.41) is 2.95. The summed E-state index contributed by atoms with van der Waals surface area (Å²) in [5.41, 5.74) is 3.14. The van der Waals surface area contributed by atoms with Crippen molar-refractivity contribution in [2.75, 3.05) is 18.5 Å². The van der Waals surface area contributed by atoms with Crippen molar-refractivity contribution in [3.63, 3.8) is 0 Å². The molecule has 0 aliphatic carbocycles. The van der Waals surface area contributed by atoms with Crippen molar-refractivity contribution >= 4 is 11.7 Å². The van der Waals surface area contributed by atoms with Crippen LogP contribution in [0.25, 0.3) is 0 Å². The number of amides is 1. The summed E-state index contributed by atoms with van der Waals surface area (Å²) >= 11 is 0. The van der Waals surface area contributed by atoms with Crippen molar-refractivity contribution in [1.29, 1.82) is 0 Å². The molecule has 0 aliphatic heterocycles. The zero-order valence-electron chi connectivity index (χ0n) is 16.4. The highest BCUT2D eigenvalue weighted by Gasteiger charge is 2.13. The van der Waals surface area contributed by atoms with Crippen LogP contribution in [-0.2, 0) is 13.0 Å². The van der Waals surface area contributed by atoms with Crippen LogP contribution < -0.4 is 10.2 Å². The second kappa shape index (κ2) is 9.03. The molecule has 7 nitrogen and oxygen atoms in total. The van der Waals surface area contributed by atoms with Crippen LogP contribution in [0.5, 0.6) is 0 Å². The largest absolute Gasteiger partial charge is 0.359 e. The van der Waals surface area contributed by atoms with Crippen molar-refractivity contribution in [2.24, 2.45) is 0 Å². The van der Waals surface area contributed by atoms with Crippen LogP contribution in [0, 0.1) is 13.8 Å². The summed E-state index contributed by atoms with van der Waals surface area (Å²) in [5.74, 6) is 1.30. The highest BCUT2D eigenvalue weighted by atomic mass is 16.1. The van der Waals surface area contributed by atoms with E-state index in [4.69, 9.17) is 0 Å². The number of pyridine rings is 2. The van der Waals surface area contributed by atoms with Gasteiger partial charge in [-0.3, -0.25) is 9.78 Å². The summed E-state index contributed by atoms with van der Waals surface area (Å²) in [4.78, 5) is 31.8. The topological polar surface area (TPSA) is 83.9 Å². The molecule has 144 valence electrons. The molecule has 3 heterocycles. The van der Waals surface area contributed by atoms with Crippen LogP contribution in [0.2, 0.25) is 0 Å². The number of anilines is 1. The Kier molecular flexibility index (Phi) is 6.26. The van der Waals surface area contributed by atoms with Crippen molar-refractivity contribution in [1.82, 2.24) is 25.3 Å². The lowest BCUT2D eigenvalue weighted by atomic mass is 10.2. The Bertz CT molecular complexity index is 945. The molecule has 0 unspecified atom stereocenters. The molecule has 0 saturated heterocycles. The second-order valence-electron chi connectivity index (χ2n) is 6.58. The third-order valence-electron chi connectivity index (χ3n) is 4.44. The molecule has 0 atom stereocenters. The average molecular weight is 376 g/mol. The van der Waals surface area contributed by atoms with Gasteiger partial charge in [0, 0.05) is 56.4 Å². The van der Waals surface area contributed by atoms with Gasteiger partial charge in [0.05, 0.1) is 11.3 Å². The van der Waals surface area contributed by atoms with Crippen molar-refractivity contribution in [3.8, 4) is 0 Å². The fourth-order valence-electron chi connectivity index (χ4n) is 2.92. The number of aryl methyl sites for hydroxylation is 2. The molecule has 7 heteroatoms. The summed E-state index contributed by atoms with van der Waals surface area (Å²) in [6, 6.07) is 9.75. The van der Waals surface area contributed by atoms with Crippen LogP contribution in [0.1, 0.15) is 33.1 Å². The monoisotopic (exact) mass is 376 g/mol. The molecule has 28 heavy (non-hydrogen) atoms. The third-order valence-corrected chi connectivity index (χ3v) is 4.44. The number of hydrogen-bond acceptors (Lipinski definition) is 6. The van der Waals surface area contributed by atoms with E-state index in [2.05, 4.69) is 30.2 Å². The molecule has 0 aromatic carbocycles. The fourth-order valence-corrected chi connectivity index (χ4v) is 2.92. The summed E-state index contributed by atoms with van der Waals surface area (Å²) in [7, 11) is 1.99. The molecule has 0 saturated carbocycles. The van der Waals surface area contributed by atoms with Crippen LogP contribution in [-0.4, -0.2) is 39.4 Å². The van der Waals surface area contributed by atoms with Crippen LogP contribution in [0.4, 0.5) is 5.82 Å². The van der Waals surface area contributed by atoms with Crippen LogP contribution in [0.15, 0.2) is 48.9 Å². The molecular formula is C21H24N6O. The minimum atomic E-state index is -0.191. The molecule has 0 spiro atoms. The molecule has 3 aromatic rings. The van der Waals surface area contributed by atoms with E-state index in [1.54, 1.807) is 25.5 Å². The zero-order valence-corrected chi connectivity index (χ0v) is 16.4. The number of rotatable bonds is 7. The van der Waals surface area contributed by atoms with Gasteiger partial charge in [-0.1, -0.05) is 12.1 Å². The number of nitrogens with zero attached hydrogens (tertiary/aromatic N) is 5. The van der Waals surface area contributed by atoms with E-state index in [-0.39, 0.29) is 5.91 Å². The molecular weight excluding hydrogens is 352 g/mol. The molecule has 3 rings (SSSR count). The van der Waals surface area contributed by atoms with Crippen molar-refractivity contribution < 1.29 is 4.79 Å². The Morgan fingerprint density at radius 3 is 2.64 bits per heavy atom. The van der Waals surface area contributed by atoms with Gasteiger partial charge in [-0.2, -0.15) is 0 Å². The molecule has 0 aliphatic rings. The van der Waals surface area contributed by atoms with E-state index >= 15 is 0 Å². The highest BCUT2D eigenvalue weighted by Crippen LogP contribution is 2.16. The summed E-state index contributed by atoms with van der Waals surface area (Å²) in [6.45, 7) is 4.77. The number of aromatic nitrogens is 4. The number of carbonyl (C=O) groups excluding carboxylic acids is 1. The van der Waals surface area contributed by atoms with Crippen molar-refractivity contribution in [3.05, 3.63) is 77.3 Å². The van der Waals surface area contributed by atoms with Gasteiger partial charge >= 0.3 is 0 Å². The minimum absolute atomic E-state index is 0.191. The first-order valence-electron chi connectivity index (χ1n) is 9.18. The van der Waals surface area contributed by atoms with Gasteiger partial charge in [0.15, 0.2) is 0 Å². The standard InChI is InChI=1S/C21H24N6O/c1-15-19(14-24-16(2)26-15)21(28)25-13-17-7-6-11-23-20(17)27(3)12-9-18-8-4-5-10-22-18/h4-8,10-11,14H,9,12-13H2,1-3H3,(H,25,28). The molecule has 3 aromatic heterocycles. The van der Waals surface area contributed by atoms with Gasteiger partial charge in [0.2, 0.25) is 0 Å². The number of nitrogens with one attached hydrogen (secondary N) is 1. The Morgan fingerprint density at radius 2 is 1.89 bits per heavy atom. The maximum Gasteiger partial charge on any atom is 0.254 e. The van der Waals surface area contributed by atoms with Gasteiger partial charge in [-0.05, 0) is 32.0 Å². The molecule has 0 radical (unpaired) electrons. The normalized spacial score (nSPS) is 10.5. The SMILES string of the molecule is Cc1ncc(C(=O)NCc2cccnc2N(C)CCc2ccccn2)c(C)n1.